The zero-order valence-electron chi connectivity index (χ0n) is 12.2. The number of rotatable bonds is 6. The fourth-order valence-corrected chi connectivity index (χ4v) is 8.44. The van der Waals surface area contributed by atoms with Crippen molar-refractivity contribution in [2.24, 2.45) is 0 Å². The van der Waals surface area contributed by atoms with Gasteiger partial charge in [0.1, 0.15) is 0 Å². The summed E-state index contributed by atoms with van der Waals surface area (Å²) in [6.07, 6.45) is 0. The van der Waals surface area contributed by atoms with E-state index in [1.54, 1.807) is 0 Å². The van der Waals surface area contributed by atoms with E-state index in [-0.39, 0.29) is 0 Å². The topological polar surface area (TPSA) is 27.7 Å². The molecule has 0 atom stereocenters. The first-order valence-electron chi connectivity index (χ1n) is 5.72. The van der Waals surface area contributed by atoms with Gasteiger partial charge in [0, 0.05) is 0 Å². The minimum Gasteiger partial charge on any atom is -0.236 e. The molecule has 0 bridgehead atoms. The van der Waals surface area contributed by atoms with E-state index in [1.807, 2.05) is 0 Å². The van der Waals surface area contributed by atoms with Gasteiger partial charge in [-0.25, -0.2) is 12.6 Å². The van der Waals surface area contributed by atoms with Gasteiger partial charge in [-0.1, -0.05) is 0 Å². The fraction of sp³-hybridized carbons (Fsp3) is 1.00. The molecule has 3 nitrogen and oxygen atoms in total. The highest BCUT2D eigenvalue weighted by Crippen LogP contribution is 2.47. The molecule has 0 heterocycles. The van der Waals surface area contributed by atoms with Crippen molar-refractivity contribution >= 4 is 33.6 Å². The average molecular weight is 300 g/mol. The van der Waals surface area contributed by atoms with Crippen molar-refractivity contribution in [1.82, 2.24) is 0 Å². The Morgan fingerprint density at radius 1 is 0.500 bits per heavy atom. The van der Waals surface area contributed by atoms with Crippen molar-refractivity contribution in [1.29, 1.82) is 0 Å². The molecule has 0 aliphatic heterocycles. The van der Waals surface area contributed by atoms with Crippen LogP contribution in [0.5, 0.6) is 0 Å². The zero-order valence-corrected chi connectivity index (χ0v) is 16.2. The Bertz CT molecular complexity index is 179. The normalized spacial score (nSPS) is 14.6. The second kappa shape index (κ2) is 5.73. The molecule has 0 rings (SSSR count). The van der Waals surface area contributed by atoms with Crippen LogP contribution in [0.3, 0.4) is 0 Å². The van der Waals surface area contributed by atoms with Crippen molar-refractivity contribution in [3.63, 3.8) is 0 Å². The van der Waals surface area contributed by atoms with Crippen LogP contribution in [-0.4, -0.2) is 25.0 Å². The lowest BCUT2D eigenvalue weighted by Crippen LogP contribution is -2.32. The molecule has 0 fully saturated rings. The van der Waals surface area contributed by atoms with Crippen LogP contribution in [0.25, 0.3) is 0 Å². The minimum absolute atomic E-state index is 1.53. The van der Waals surface area contributed by atoms with E-state index in [0.717, 1.165) is 0 Å². The summed E-state index contributed by atoms with van der Waals surface area (Å²) in [5, 5.41) is 0. The van der Waals surface area contributed by atoms with Crippen molar-refractivity contribution in [2.75, 3.05) is 0 Å². The monoisotopic (exact) mass is 299 g/mol. The van der Waals surface area contributed by atoms with Crippen LogP contribution in [0.15, 0.2) is 0 Å². The summed E-state index contributed by atoms with van der Waals surface area (Å²) < 4.78 is 18.2. The quantitative estimate of drug-likeness (QED) is 0.534. The van der Waals surface area contributed by atoms with Gasteiger partial charge in [-0.2, -0.15) is 0 Å². The Balaban J connectivity index is 4.53. The van der Waals surface area contributed by atoms with E-state index >= 15 is 0 Å². The molecule has 0 aromatic heterocycles. The predicted molar refractivity (Wildman–Crippen MR) is 81.6 cm³/mol. The van der Waals surface area contributed by atoms with Crippen molar-refractivity contribution in [2.45, 2.75) is 58.9 Å². The molecule has 0 unspecified atom stereocenters. The lowest BCUT2D eigenvalue weighted by molar-refractivity contribution is 0.383. The third-order valence-corrected chi connectivity index (χ3v) is 10.5. The summed E-state index contributed by atoms with van der Waals surface area (Å²) >= 11 is 0. The highest BCUT2D eigenvalue weighted by Gasteiger charge is 2.39. The Morgan fingerprint density at radius 3 is 0.812 bits per heavy atom. The first-order chi connectivity index (χ1) is 6.79. The highest BCUT2D eigenvalue weighted by atomic mass is 31.2. The van der Waals surface area contributed by atoms with E-state index in [0.29, 0.717) is 0 Å². The van der Waals surface area contributed by atoms with E-state index in [9.17, 15) is 0 Å². The van der Waals surface area contributed by atoms with Gasteiger partial charge in [0.05, 0.1) is 0 Å². The maximum Gasteiger partial charge on any atom is 0.363 e. The smallest absolute Gasteiger partial charge is 0.236 e. The molecular weight excluding hydrogens is 271 g/mol. The van der Waals surface area contributed by atoms with Crippen LogP contribution >= 0.6 is 8.60 Å². The lowest BCUT2D eigenvalue weighted by Gasteiger charge is -2.25. The standard InChI is InChI=1S/C9H28O3PSi3/c1-14(2,3)10-13(11-15(4,5)6)12-16(7,8)9/h13H,1-9H3/q+1. The lowest BCUT2D eigenvalue weighted by atomic mass is 11.8. The first-order valence-corrected chi connectivity index (χ1v) is 17.2. The van der Waals surface area contributed by atoms with Crippen LogP contribution in [0.2, 0.25) is 58.9 Å². The molecular formula is C9H28O3PSi3+. The summed E-state index contributed by atoms with van der Waals surface area (Å²) in [6, 6.07) is 0. The molecule has 98 valence electrons. The molecule has 0 saturated heterocycles. The van der Waals surface area contributed by atoms with Gasteiger partial charge >= 0.3 is 8.60 Å². The molecule has 0 radical (unpaired) electrons. The summed E-state index contributed by atoms with van der Waals surface area (Å²) in [6.45, 7) is 19.6. The fourth-order valence-electron chi connectivity index (χ4n) is 0.812. The van der Waals surface area contributed by atoms with Gasteiger partial charge in [0.25, 0.3) is 0 Å². The molecule has 16 heavy (non-hydrogen) atoms. The van der Waals surface area contributed by atoms with E-state index < -0.39 is 33.6 Å². The van der Waals surface area contributed by atoms with Crippen molar-refractivity contribution < 1.29 is 12.6 Å². The second-order valence-electron chi connectivity index (χ2n) is 6.89. The largest absolute Gasteiger partial charge is 0.363 e. The molecule has 0 saturated carbocycles. The van der Waals surface area contributed by atoms with Gasteiger partial charge in [-0.15, -0.1) is 0 Å². The summed E-state index contributed by atoms with van der Waals surface area (Å²) in [5.41, 5.74) is 0. The maximum absolute atomic E-state index is 6.06. The molecule has 0 aromatic carbocycles. The van der Waals surface area contributed by atoms with E-state index in [1.165, 1.54) is 0 Å². The average Bonchev–Trinajstić information content (AvgIpc) is 1.70. The molecule has 0 aromatic rings. The predicted octanol–water partition coefficient (Wildman–Crippen LogP) is 4.50. The third-order valence-electron chi connectivity index (χ3n) is 1.17. The van der Waals surface area contributed by atoms with Gasteiger partial charge in [0.15, 0.2) is 0 Å². The van der Waals surface area contributed by atoms with Crippen LogP contribution < -0.4 is 0 Å². The van der Waals surface area contributed by atoms with E-state index in [4.69, 9.17) is 12.6 Å². The van der Waals surface area contributed by atoms with Gasteiger partial charge < -0.3 is 0 Å². The van der Waals surface area contributed by atoms with Gasteiger partial charge in [-0.05, 0) is 58.9 Å². The molecule has 0 amide bonds. The highest BCUT2D eigenvalue weighted by molar-refractivity contribution is 7.47. The molecule has 0 aliphatic rings. The molecule has 7 heteroatoms. The van der Waals surface area contributed by atoms with Gasteiger partial charge in [0.2, 0.25) is 25.0 Å². The molecule has 0 aliphatic carbocycles. The summed E-state index contributed by atoms with van der Waals surface area (Å²) in [7, 11) is -6.27. The number of hydrogen-bond donors (Lipinski definition) is 0. The van der Waals surface area contributed by atoms with Gasteiger partial charge in [-0.3, -0.25) is 0 Å². The second-order valence-corrected chi connectivity index (χ2v) is 22.5. The van der Waals surface area contributed by atoms with Crippen molar-refractivity contribution in [3.8, 4) is 0 Å². The molecule has 0 N–H and O–H groups in total. The maximum atomic E-state index is 6.06. The summed E-state index contributed by atoms with van der Waals surface area (Å²) in [4.78, 5) is 0. The van der Waals surface area contributed by atoms with Crippen LogP contribution in [-0.2, 0) is 12.6 Å². The SMILES string of the molecule is C[Si](C)(C)O[PH+](O[Si](C)(C)C)O[Si](C)(C)C. The first kappa shape index (κ1) is 17.0. The van der Waals surface area contributed by atoms with Crippen molar-refractivity contribution in [3.05, 3.63) is 0 Å². The number of hydrogen-bond acceptors (Lipinski definition) is 3. The Morgan fingerprint density at radius 2 is 0.688 bits per heavy atom. The Labute approximate surface area is 105 Å². The molecule has 0 spiro atoms. The van der Waals surface area contributed by atoms with Crippen LogP contribution in [0, 0.1) is 0 Å². The van der Waals surface area contributed by atoms with Crippen LogP contribution in [0.4, 0.5) is 0 Å². The Hall–Kier alpha value is 0.961. The Kier molecular flexibility index (Phi) is 6.08. The third kappa shape index (κ3) is 11.4. The van der Waals surface area contributed by atoms with E-state index in [2.05, 4.69) is 58.9 Å². The zero-order chi connectivity index (χ0) is 13.2. The minimum atomic E-state index is -1.58. The van der Waals surface area contributed by atoms with Crippen LogP contribution in [0.1, 0.15) is 0 Å². The summed E-state index contributed by atoms with van der Waals surface area (Å²) in [5.74, 6) is 0.